The van der Waals surface area contributed by atoms with E-state index in [1.807, 2.05) is 6.07 Å². The third-order valence-corrected chi connectivity index (χ3v) is 6.65. The van der Waals surface area contributed by atoms with Gasteiger partial charge in [-0.2, -0.15) is 0 Å². The van der Waals surface area contributed by atoms with E-state index in [1.54, 1.807) is 42.5 Å². The van der Waals surface area contributed by atoms with Crippen LogP contribution in [-0.2, 0) is 15.9 Å². The van der Waals surface area contributed by atoms with Crippen molar-refractivity contribution in [1.82, 2.24) is 0 Å². The average Bonchev–Trinajstić information content (AvgIpc) is 3.18. The van der Waals surface area contributed by atoms with E-state index in [4.69, 9.17) is 8.83 Å². The minimum atomic E-state index is -2.36. The molecule has 4 aromatic rings. The number of hydrogen-bond acceptors (Lipinski definition) is 6. The van der Waals surface area contributed by atoms with Gasteiger partial charge in [-0.15, -0.1) is 0 Å². The Morgan fingerprint density at radius 2 is 1.78 bits per heavy atom. The third-order valence-electron chi connectivity index (χ3n) is 5.90. The van der Waals surface area contributed by atoms with Crippen molar-refractivity contribution in [3.05, 3.63) is 59.0 Å². The lowest BCUT2D eigenvalue weighted by molar-refractivity contribution is -0.142. The summed E-state index contributed by atoms with van der Waals surface area (Å²) in [6.07, 6.45) is 1.12. The highest BCUT2D eigenvalue weighted by molar-refractivity contribution is 7.79. The highest BCUT2D eigenvalue weighted by atomic mass is 32.2. The minimum absolute atomic E-state index is 0.0162. The first-order valence-electron chi connectivity index (χ1n) is 10.1. The summed E-state index contributed by atoms with van der Waals surface area (Å²) < 4.78 is 33.1. The number of carboxylic acid groups (broad SMARTS) is 1. The lowest BCUT2D eigenvalue weighted by Gasteiger charge is -2.31. The highest BCUT2D eigenvalue weighted by Crippen LogP contribution is 2.35. The maximum Gasteiger partial charge on any atom is 0.347 e. The van der Waals surface area contributed by atoms with Gasteiger partial charge in [-0.1, -0.05) is 12.1 Å². The average molecular weight is 453 g/mol. The van der Waals surface area contributed by atoms with Crippen LogP contribution >= 0.6 is 0 Å². The summed E-state index contributed by atoms with van der Waals surface area (Å²) in [5.74, 6) is -1.08. The number of hydrogen-bond donors (Lipinski definition) is 2. The van der Waals surface area contributed by atoms with Gasteiger partial charge in [0.2, 0.25) is 0 Å². The molecule has 0 spiro atoms. The van der Waals surface area contributed by atoms with Crippen LogP contribution in [0.1, 0.15) is 12.8 Å². The number of rotatable bonds is 4. The summed E-state index contributed by atoms with van der Waals surface area (Å²) in [7, 11) is 0. The monoisotopic (exact) mass is 453 g/mol. The lowest BCUT2D eigenvalue weighted by Crippen LogP contribution is -2.36. The van der Waals surface area contributed by atoms with Crippen LogP contribution in [0.4, 0.5) is 5.69 Å². The Hall–Kier alpha value is -3.43. The van der Waals surface area contributed by atoms with Crippen LogP contribution in [0.5, 0.6) is 0 Å². The molecule has 1 aliphatic heterocycles. The molecule has 164 valence electrons. The standard InChI is InChI=1S/C23H19NO7S/c25-22(26)13-7-9-24(10-8-13)15-6-5-14-11-17(23(27)31-19(14)12-15)20-21(32(28)29)16-3-1-2-4-18(16)30-20/h1-6,11-13H,7-10H2,(H,25,26)(H,28,29). The molecule has 1 atom stereocenters. The van der Waals surface area contributed by atoms with E-state index in [-0.39, 0.29) is 22.1 Å². The number of piperidine rings is 1. The number of furan rings is 1. The summed E-state index contributed by atoms with van der Waals surface area (Å²) in [5, 5.41) is 10.3. The van der Waals surface area contributed by atoms with E-state index < -0.39 is 22.7 Å². The van der Waals surface area contributed by atoms with Crippen LogP contribution < -0.4 is 10.5 Å². The maximum atomic E-state index is 12.8. The van der Waals surface area contributed by atoms with Gasteiger partial charge in [0, 0.05) is 35.6 Å². The molecule has 0 radical (unpaired) electrons. The molecule has 1 fully saturated rings. The van der Waals surface area contributed by atoms with Crippen LogP contribution in [0.2, 0.25) is 0 Å². The number of nitrogens with zero attached hydrogens (tertiary/aromatic N) is 1. The summed E-state index contributed by atoms with van der Waals surface area (Å²) in [4.78, 5) is 26.1. The number of anilines is 1. The fourth-order valence-electron chi connectivity index (χ4n) is 4.21. The maximum absolute atomic E-state index is 12.8. The first-order chi connectivity index (χ1) is 15.4. The SMILES string of the molecule is O=C(O)C1CCN(c2ccc3cc(-c4oc5ccccc5c4S(=O)O)c(=O)oc3c2)CC1. The molecule has 2 aromatic carbocycles. The van der Waals surface area contributed by atoms with Gasteiger partial charge < -0.3 is 23.4 Å². The molecule has 0 amide bonds. The molecular weight excluding hydrogens is 434 g/mol. The number of fused-ring (bicyclic) bond motifs is 2. The van der Waals surface area contributed by atoms with E-state index >= 15 is 0 Å². The number of benzene rings is 2. The zero-order valence-corrected chi connectivity index (χ0v) is 17.6. The summed E-state index contributed by atoms with van der Waals surface area (Å²) in [6.45, 7) is 1.21. The fraction of sp³-hybridized carbons (Fsp3) is 0.217. The van der Waals surface area contributed by atoms with E-state index in [0.717, 1.165) is 5.69 Å². The van der Waals surface area contributed by atoms with Crippen molar-refractivity contribution in [1.29, 1.82) is 0 Å². The molecule has 0 bridgehead atoms. The van der Waals surface area contributed by atoms with E-state index in [2.05, 4.69) is 4.90 Å². The Bertz CT molecular complexity index is 1430. The fourth-order valence-corrected chi connectivity index (χ4v) is 4.88. The molecule has 32 heavy (non-hydrogen) atoms. The van der Waals surface area contributed by atoms with E-state index in [9.17, 15) is 23.5 Å². The second-order valence-electron chi connectivity index (χ2n) is 7.77. The van der Waals surface area contributed by atoms with Crippen molar-refractivity contribution in [2.24, 2.45) is 5.92 Å². The quantitative estimate of drug-likeness (QED) is 0.350. The number of carbonyl (C=O) groups is 1. The number of para-hydroxylation sites is 1. The zero-order valence-electron chi connectivity index (χ0n) is 16.8. The molecule has 1 aliphatic rings. The smallest absolute Gasteiger partial charge is 0.347 e. The van der Waals surface area contributed by atoms with Gasteiger partial charge >= 0.3 is 11.6 Å². The molecule has 8 nitrogen and oxygen atoms in total. The molecule has 3 heterocycles. The van der Waals surface area contributed by atoms with E-state index in [0.29, 0.717) is 47.9 Å². The summed E-state index contributed by atoms with van der Waals surface area (Å²) in [6, 6.07) is 13.8. The third kappa shape index (κ3) is 3.49. The van der Waals surface area contributed by atoms with Gasteiger partial charge in [0.1, 0.15) is 21.6 Å². The van der Waals surface area contributed by atoms with Gasteiger partial charge in [-0.25, -0.2) is 9.00 Å². The van der Waals surface area contributed by atoms with Crippen molar-refractivity contribution < 1.29 is 27.5 Å². The number of carboxylic acids is 1. The van der Waals surface area contributed by atoms with Gasteiger partial charge in [0.15, 0.2) is 16.8 Å². The van der Waals surface area contributed by atoms with Crippen LogP contribution in [0, 0.1) is 5.92 Å². The molecule has 5 rings (SSSR count). The van der Waals surface area contributed by atoms with Crippen molar-refractivity contribution >= 4 is 44.7 Å². The van der Waals surface area contributed by atoms with Gasteiger partial charge in [-0.05, 0) is 43.2 Å². The molecular formula is C23H19NO7S. The van der Waals surface area contributed by atoms with Gasteiger partial charge in [-0.3, -0.25) is 4.79 Å². The Balaban J connectivity index is 1.55. The zero-order chi connectivity index (χ0) is 22.4. The Kier molecular flexibility index (Phi) is 5.07. The second-order valence-corrected chi connectivity index (χ2v) is 8.68. The molecule has 0 saturated carbocycles. The molecule has 2 aromatic heterocycles. The predicted molar refractivity (Wildman–Crippen MR) is 119 cm³/mol. The molecule has 0 aliphatic carbocycles. The van der Waals surface area contributed by atoms with Crippen molar-refractivity contribution in [3.8, 4) is 11.3 Å². The summed E-state index contributed by atoms with van der Waals surface area (Å²) >= 11 is -2.36. The van der Waals surface area contributed by atoms with Crippen molar-refractivity contribution in [3.63, 3.8) is 0 Å². The van der Waals surface area contributed by atoms with Crippen LogP contribution in [0.3, 0.4) is 0 Å². The molecule has 9 heteroatoms. The minimum Gasteiger partial charge on any atom is -0.481 e. The van der Waals surface area contributed by atoms with E-state index in [1.165, 1.54) is 0 Å². The van der Waals surface area contributed by atoms with Crippen molar-refractivity contribution in [2.75, 3.05) is 18.0 Å². The Morgan fingerprint density at radius 3 is 2.50 bits per heavy atom. The Morgan fingerprint density at radius 1 is 1.03 bits per heavy atom. The molecule has 1 unspecified atom stereocenters. The normalized spacial score (nSPS) is 16.0. The summed E-state index contributed by atoms with van der Waals surface area (Å²) in [5.41, 5.74) is 1.02. The van der Waals surface area contributed by atoms with Crippen LogP contribution in [0.15, 0.2) is 67.1 Å². The predicted octanol–water partition coefficient (Wildman–Crippen LogP) is 4.09. The lowest BCUT2D eigenvalue weighted by atomic mass is 9.96. The first-order valence-corrected chi connectivity index (χ1v) is 11.2. The van der Waals surface area contributed by atoms with Gasteiger partial charge in [0.25, 0.3) is 0 Å². The molecule has 2 N–H and O–H groups in total. The highest BCUT2D eigenvalue weighted by Gasteiger charge is 2.26. The number of aliphatic carboxylic acids is 1. The largest absolute Gasteiger partial charge is 0.481 e. The van der Waals surface area contributed by atoms with Gasteiger partial charge in [0.05, 0.1) is 5.92 Å². The Labute approximate surface area is 184 Å². The van der Waals surface area contributed by atoms with Crippen LogP contribution in [0.25, 0.3) is 33.3 Å². The van der Waals surface area contributed by atoms with Crippen LogP contribution in [-0.4, -0.2) is 32.9 Å². The topological polar surface area (TPSA) is 121 Å². The second kappa shape index (κ2) is 7.92. The van der Waals surface area contributed by atoms with Crippen molar-refractivity contribution in [2.45, 2.75) is 17.7 Å². The molecule has 1 saturated heterocycles. The first kappa shape index (κ1) is 20.5.